The molecule has 2 aromatic heterocycles. The zero-order valence-electron chi connectivity index (χ0n) is 15.9. The van der Waals surface area contributed by atoms with Gasteiger partial charge in [0.15, 0.2) is 11.5 Å². The van der Waals surface area contributed by atoms with Crippen LogP contribution in [0.2, 0.25) is 0 Å². The Bertz CT molecular complexity index is 1010. The van der Waals surface area contributed by atoms with Gasteiger partial charge in [-0.1, -0.05) is 0 Å². The van der Waals surface area contributed by atoms with Crippen LogP contribution in [-0.2, 0) is 0 Å². The van der Waals surface area contributed by atoms with E-state index in [1.54, 1.807) is 45.7 Å². The Labute approximate surface area is 157 Å². The molecule has 8 heteroatoms. The largest absolute Gasteiger partial charge is 0.496 e. The van der Waals surface area contributed by atoms with E-state index in [2.05, 4.69) is 4.98 Å². The number of methoxy groups -OCH3 is 3. The lowest BCUT2D eigenvalue weighted by molar-refractivity contribution is 0.0824. The van der Waals surface area contributed by atoms with Gasteiger partial charge in [0.25, 0.3) is 5.91 Å². The van der Waals surface area contributed by atoms with Gasteiger partial charge >= 0.3 is 0 Å². The minimum atomic E-state index is -0.166. The molecule has 2 heterocycles. The van der Waals surface area contributed by atoms with E-state index in [0.717, 1.165) is 11.3 Å². The number of nitrogens with zero attached hydrogens (tertiary/aromatic N) is 3. The van der Waals surface area contributed by atoms with Gasteiger partial charge in [0, 0.05) is 31.9 Å². The van der Waals surface area contributed by atoms with Crippen molar-refractivity contribution in [1.82, 2.24) is 14.3 Å². The predicted molar refractivity (Wildman–Crippen MR) is 103 cm³/mol. The van der Waals surface area contributed by atoms with Crippen LogP contribution in [0, 0.1) is 0 Å². The number of ether oxygens (including phenoxy) is 3. The number of nitrogen functional groups attached to an aromatic ring is 1. The minimum absolute atomic E-state index is 0.166. The number of rotatable bonds is 5. The maximum atomic E-state index is 12.5. The fourth-order valence-corrected chi connectivity index (χ4v) is 2.93. The van der Waals surface area contributed by atoms with Crippen LogP contribution in [0.5, 0.6) is 17.2 Å². The van der Waals surface area contributed by atoms with Crippen molar-refractivity contribution >= 4 is 17.2 Å². The second kappa shape index (κ2) is 7.06. The number of hydrogen-bond acceptors (Lipinski definition) is 6. The van der Waals surface area contributed by atoms with E-state index in [4.69, 9.17) is 19.9 Å². The van der Waals surface area contributed by atoms with Gasteiger partial charge in [-0.15, -0.1) is 0 Å². The number of carbonyl (C=O) groups is 1. The number of aromatic nitrogens is 2. The third kappa shape index (κ3) is 3.10. The van der Waals surface area contributed by atoms with Gasteiger partial charge in [0.05, 0.1) is 44.5 Å². The summed E-state index contributed by atoms with van der Waals surface area (Å²) in [6.45, 7) is 0. The first-order valence-corrected chi connectivity index (χ1v) is 8.19. The van der Waals surface area contributed by atoms with Gasteiger partial charge in [-0.2, -0.15) is 0 Å². The van der Waals surface area contributed by atoms with Crippen LogP contribution < -0.4 is 19.9 Å². The lowest BCUT2D eigenvalue weighted by atomic mass is 10.1. The van der Waals surface area contributed by atoms with Crippen molar-refractivity contribution in [1.29, 1.82) is 0 Å². The molecule has 0 radical (unpaired) electrons. The van der Waals surface area contributed by atoms with E-state index in [1.165, 1.54) is 19.1 Å². The molecule has 0 saturated carbocycles. The Morgan fingerprint density at radius 2 is 1.78 bits per heavy atom. The number of pyridine rings is 1. The third-order valence-corrected chi connectivity index (χ3v) is 4.27. The van der Waals surface area contributed by atoms with E-state index >= 15 is 0 Å². The Morgan fingerprint density at radius 3 is 2.37 bits per heavy atom. The molecule has 0 bridgehead atoms. The average Bonchev–Trinajstić information content (AvgIpc) is 3.08. The maximum Gasteiger partial charge on any atom is 0.258 e. The van der Waals surface area contributed by atoms with Crippen molar-refractivity contribution in [3.63, 3.8) is 0 Å². The summed E-state index contributed by atoms with van der Waals surface area (Å²) in [6.07, 6.45) is 3.42. The highest BCUT2D eigenvalue weighted by Crippen LogP contribution is 2.38. The van der Waals surface area contributed by atoms with Crippen LogP contribution in [0.25, 0.3) is 16.9 Å². The van der Waals surface area contributed by atoms with Crippen LogP contribution >= 0.6 is 0 Å². The molecule has 3 aromatic rings. The molecule has 0 aliphatic carbocycles. The number of anilines is 1. The summed E-state index contributed by atoms with van der Waals surface area (Å²) in [6, 6.07) is 5.32. The normalized spacial score (nSPS) is 10.7. The quantitative estimate of drug-likeness (QED) is 0.693. The van der Waals surface area contributed by atoms with E-state index in [-0.39, 0.29) is 5.91 Å². The van der Waals surface area contributed by atoms with E-state index in [1.807, 2.05) is 10.5 Å². The molecule has 0 atom stereocenters. The van der Waals surface area contributed by atoms with Gasteiger partial charge in [-0.3, -0.25) is 9.20 Å². The molecular weight excluding hydrogens is 348 g/mol. The van der Waals surface area contributed by atoms with Crippen LogP contribution in [0.4, 0.5) is 5.69 Å². The summed E-state index contributed by atoms with van der Waals surface area (Å²) in [4.78, 5) is 18.4. The highest BCUT2D eigenvalue weighted by Gasteiger charge is 2.19. The smallest absolute Gasteiger partial charge is 0.258 e. The number of imidazole rings is 1. The summed E-state index contributed by atoms with van der Waals surface area (Å²) in [7, 11) is 7.99. The van der Waals surface area contributed by atoms with Gasteiger partial charge in [0.2, 0.25) is 0 Å². The lowest BCUT2D eigenvalue weighted by Crippen LogP contribution is -2.22. The zero-order chi connectivity index (χ0) is 19.7. The van der Waals surface area contributed by atoms with Gasteiger partial charge in [-0.05, 0) is 12.1 Å². The zero-order valence-corrected chi connectivity index (χ0v) is 15.9. The Balaban J connectivity index is 2.23. The Kier molecular flexibility index (Phi) is 4.81. The molecule has 0 fully saturated rings. The third-order valence-electron chi connectivity index (χ3n) is 4.27. The second-order valence-corrected chi connectivity index (χ2v) is 6.13. The average molecular weight is 370 g/mol. The number of carbonyl (C=O) groups excluding carboxylic acids is 1. The minimum Gasteiger partial charge on any atom is -0.496 e. The molecule has 27 heavy (non-hydrogen) atoms. The fraction of sp³-hybridized carbons (Fsp3) is 0.263. The van der Waals surface area contributed by atoms with Crippen molar-refractivity contribution in [2.45, 2.75) is 0 Å². The molecule has 0 aliphatic heterocycles. The van der Waals surface area contributed by atoms with Gasteiger partial charge in [0.1, 0.15) is 11.4 Å². The molecule has 1 aromatic carbocycles. The first kappa shape index (κ1) is 18.4. The summed E-state index contributed by atoms with van der Waals surface area (Å²) in [5.41, 5.74) is 9.17. The molecule has 0 saturated heterocycles. The molecule has 1 amide bonds. The van der Waals surface area contributed by atoms with Crippen molar-refractivity contribution in [2.75, 3.05) is 41.2 Å². The number of hydrogen-bond donors (Lipinski definition) is 1. The summed E-state index contributed by atoms with van der Waals surface area (Å²) >= 11 is 0. The first-order chi connectivity index (χ1) is 12.9. The molecular formula is C19H22N4O4. The summed E-state index contributed by atoms with van der Waals surface area (Å²) in [5, 5.41) is 0. The fourth-order valence-electron chi connectivity index (χ4n) is 2.93. The van der Waals surface area contributed by atoms with Crippen molar-refractivity contribution in [3.05, 3.63) is 36.2 Å². The number of nitrogens with two attached hydrogens (primary N) is 1. The Morgan fingerprint density at radius 1 is 1.07 bits per heavy atom. The topological polar surface area (TPSA) is 91.3 Å². The standard InChI is InChI=1S/C19H22N4O4/c1-22(2)19(24)12-10-23-14(9-21-17(23)8-15(12)25-3)11-6-13(20)18(27-5)16(7-11)26-4/h6-10H,20H2,1-5H3. The van der Waals surface area contributed by atoms with Crippen LogP contribution in [0.1, 0.15) is 10.4 Å². The van der Waals surface area contributed by atoms with Crippen molar-refractivity contribution in [2.24, 2.45) is 0 Å². The maximum absolute atomic E-state index is 12.5. The molecule has 0 aliphatic rings. The van der Waals surface area contributed by atoms with Gasteiger partial charge < -0.3 is 24.8 Å². The van der Waals surface area contributed by atoms with Gasteiger partial charge in [-0.25, -0.2) is 4.98 Å². The molecule has 3 rings (SSSR count). The summed E-state index contributed by atoms with van der Waals surface area (Å²) < 4.78 is 17.9. The number of fused-ring (bicyclic) bond motifs is 1. The number of amides is 1. The van der Waals surface area contributed by atoms with E-state index < -0.39 is 0 Å². The lowest BCUT2D eigenvalue weighted by Gasteiger charge is -2.15. The summed E-state index contributed by atoms with van der Waals surface area (Å²) in [5.74, 6) is 1.28. The molecule has 2 N–H and O–H groups in total. The van der Waals surface area contributed by atoms with E-state index in [0.29, 0.717) is 34.1 Å². The molecule has 8 nitrogen and oxygen atoms in total. The molecule has 0 spiro atoms. The highest BCUT2D eigenvalue weighted by molar-refractivity contribution is 5.97. The van der Waals surface area contributed by atoms with Crippen LogP contribution in [0.3, 0.4) is 0 Å². The predicted octanol–water partition coefficient (Wildman–Crippen LogP) is 2.31. The highest BCUT2D eigenvalue weighted by atomic mass is 16.5. The van der Waals surface area contributed by atoms with Crippen molar-refractivity contribution in [3.8, 4) is 28.5 Å². The van der Waals surface area contributed by atoms with Crippen LogP contribution in [-0.4, -0.2) is 55.6 Å². The monoisotopic (exact) mass is 370 g/mol. The molecule has 0 unspecified atom stereocenters. The molecule has 142 valence electrons. The van der Waals surface area contributed by atoms with E-state index in [9.17, 15) is 4.79 Å². The Hall–Kier alpha value is -3.42. The SMILES string of the molecule is COc1cc2ncc(-c3cc(N)c(OC)c(OC)c3)n2cc1C(=O)N(C)C. The van der Waals surface area contributed by atoms with Crippen LogP contribution in [0.15, 0.2) is 30.6 Å². The first-order valence-electron chi connectivity index (χ1n) is 8.19. The van der Waals surface area contributed by atoms with Crippen molar-refractivity contribution < 1.29 is 19.0 Å². The number of benzene rings is 1. The second-order valence-electron chi connectivity index (χ2n) is 6.13.